The van der Waals surface area contributed by atoms with E-state index in [4.69, 9.17) is 9.47 Å². The lowest BCUT2D eigenvalue weighted by Gasteiger charge is -2.13. The van der Waals surface area contributed by atoms with Crippen LogP contribution in [0.3, 0.4) is 0 Å². The van der Waals surface area contributed by atoms with Crippen LogP contribution >= 0.6 is 11.8 Å². The molecule has 1 rings (SSSR count). The van der Waals surface area contributed by atoms with Gasteiger partial charge in [0.1, 0.15) is 6.54 Å². The number of nitrogens with one attached hydrogen (secondary N) is 1. The van der Waals surface area contributed by atoms with E-state index in [-0.39, 0.29) is 17.5 Å². The summed E-state index contributed by atoms with van der Waals surface area (Å²) >= 11 is 0.912. The zero-order valence-corrected chi connectivity index (χ0v) is 12.1. The largest absolute Gasteiger partial charge is 0.405 e. The van der Waals surface area contributed by atoms with E-state index in [0.29, 0.717) is 0 Å². The molecule has 0 atom stereocenters. The Hall–Kier alpha value is -1.40. The van der Waals surface area contributed by atoms with Crippen LogP contribution in [0.1, 0.15) is 0 Å². The summed E-state index contributed by atoms with van der Waals surface area (Å²) in [4.78, 5) is 11.3. The number of carbonyl (C=O) groups excluding carboxylic acids is 1. The highest BCUT2D eigenvalue weighted by Gasteiger charge is 2.27. The Morgan fingerprint density at radius 2 is 2.10 bits per heavy atom. The first kappa shape index (κ1) is 17.7. The molecule has 0 fully saturated rings. The lowest BCUT2D eigenvalue weighted by molar-refractivity contribution is -0.136. The number of thioether (sulfide) groups is 1. The van der Waals surface area contributed by atoms with Gasteiger partial charge in [0.25, 0.3) is 0 Å². The number of amides is 1. The first-order valence-electron chi connectivity index (χ1n) is 5.63. The molecular weight excluding hydrogens is 315 g/mol. The van der Waals surface area contributed by atoms with Crippen LogP contribution in [0.15, 0.2) is 5.16 Å². The lowest BCUT2D eigenvalue weighted by Crippen LogP contribution is -2.34. The van der Waals surface area contributed by atoms with Gasteiger partial charge in [-0.15, -0.1) is 5.10 Å². The van der Waals surface area contributed by atoms with Crippen LogP contribution in [0.25, 0.3) is 0 Å². The minimum Gasteiger partial charge on any atom is -0.354 e. The van der Waals surface area contributed by atoms with Gasteiger partial charge in [0.15, 0.2) is 6.29 Å². The van der Waals surface area contributed by atoms with Gasteiger partial charge in [0, 0.05) is 14.2 Å². The number of methoxy groups -OCH3 is 2. The topological polar surface area (TPSA) is 91.2 Å². The highest BCUT2D eigenvalue weighted by molar-refractivity contribution is 7.99. The molecule has 21 heavy (non-hydrogen) atoms. The smallest absolute Gasteiger partial charge is 0.354 e. The highest BCUT2D eigenvalue weighted by atomic mass is 32.2. The molecule has 0 bridgehead atoms. The van der Waals surface area contributed by atoms with E-state index in [1.165, 1.54) is 18.9 Å². The molecule has 0 aliphatic rings. The fraction of sp³-hybridized carbons (Fsp3) is 0.778. The predicted molar refractivity (Wildman–Crippen MR) is 65.4 cm³/mol. The van der Waals surface area contributed by atoms with Gasteiger partial charge in [-0.05, 0) is 10.4 Å². The van der Waals surface area contributed by atoms with Crippen LogP contribution in [-0.2, 0) is 20.8 Å². The van der Waals surface area contributed by atoms with E-state index in [1.807, 2.05) is 0 Å². The lowest BCUT2D eigenvalue weighted by atomic mass is 10.6. The molecule has 0 aromatic carbocycles. The number of nitrogens with zero attached hydrogens (tertiary/aromatic N) is 4. The summed E-state index contributed by atoms with van der Waals surface area (Å²) in [6.07, 6.45) is -5.02. The Labute approximate surface area is 122 Å². The molecule has 0 spiro atoms. The zero-order chi connectivity index (χ0) is 15.9. The van der Waals surface area contributed by atoms with Crippen molar-refractivity contribution in [3.8, 4) is 0 Å². The van der Waals surface area contributed by atoms with Crippen LogP contribution in [-0.4, -0.2) is 65.1 Å². The van der Waals surface area contributed by atoms with Crippen molar-refractivity contribution in [2.75, 3.05) is 26.5 Å². The number of tetrazole rings is 1. The maximum atomic E-state index is 11.9. The van der Waals surface area contributed by atoms with Gasteiger partial charge in [0.05, 0.1) is 12.3 Å². The number of alkyl halides is 3. The minimum absolute atomic E-state index is 0.187. The van der Waals surface area contributed by atoms with Crippen molar-refractivity contribution in [1.29, 1.82) is 0 Å². The van der Waals surface area contributed by atoms with Crippen molar-refractivity contribution in [3.05, 3.63) is 0 Å². The molecule has 1 heterocycles. The average Bonchev–Trinajstić information content (AvgIpc) is 2.86. The maximum absolute atomic E-state index is 11.9. The van der Waals surface area contributed by atoms with Crippen molar-refractivity contribution in [1.82, 2.24) is 25.5 Å². The summed E-state index contributed by atoms with van der Waals surface area (Å²) in [5.74, 6) is -0.997. The zero-order valence-electron chi connectivity index (χ0n) is 11.3. The van der Waals surface area contributed by atoms with Crippen LogP contribution in [0.4, 0.5) is 13.2 Å². The molecule has 0 saturated carbocycles. The Balaban J connectivity index is 2.45. The number of ether oxygens (including phenoxy) is 2. The molecule has 0 saturated heterocycles. The highest BCUT2D eigenvalue weighted by Crippen LogP contribution is 2.15. The third-order valence-electron chi connectivity index (χ3n) is 2.17. The van der Waals surface area contributed by atoms with Gasteiger partial charge >= 0.3 is 6.18 Å². The maximum Gasteiger partial charge on any atom is 0.405 e. The molecule has 0 aliphatic heterocycles. The van der Waals surface area contributed by atoms with Crippen LogP contribution in [0.2, 0.25) is 0 Å². The first-order valence-corrected chi connectivity index (χ1v) is 6.62. The van der Waals surface area contributed by atoms with E-state index in [1.54, 1.807) is 5.32 Å². The summed E-state index contributed by atoms with van der Waals surface area (Å²) in [6.45, 7) is -1.18. The second kappa shape index (κ2) is 8.14. The minimum atomic E-state index is -4.44. The summed E-state index contributed by atoms with van der Waals surface area (Å²) in [7, 11) is 2.88. The quantitative estimate of drug-likeness (QED) is 0.533. The van der Waals surface area contributed by atoms with Crippen LogP contribution in [0, 0.1) is 0 Å². The molecule has 8 nitrogen and oxygen atoms in total. The summed E-state index contributed by atoms with van der Waals surface area (Å²) in [5, 5.41) is 12.8. The predicted octanol–water partition coefficient (Wildman–Crippen LogP) is 0.0626. The second-order valence-electron chi connectivity index (χ2n) is 3.73. The molecule has 1 N–H and O–H groups in total. The monoisotopic (exact) mass is 329 g/mol. The summed E-state index contributed by atoms with van der Waals surface area (Å²) in [6, 6.07) is 0. The third-order valence-corrected chi connectivity index (χ3v) is 3.12. The van der Waals surface area contributed by atoms with Gasteiger partial charge in [-0.2, -0.15) is 13.2 Å². The third kappa shape index (κ3) is 6.73. The fourth-order valence-corrected chi connectivity index (χ4v) is 1.90. The number of hydrogen-bond donors (Lipinski definition) is 1. The van der Waals surface area contributed by atoms with Gasteiger partial charge < -0.3 is 14.8 Å². The number of hydrogen-bond acceptors (Lipinski definition) is 7. The number of halogens is 3. The normalized spacial score (nSPS) is 11.9. The van der Waals surface area contributed by atoms with Crippen molar-refractivity contribution in [3.63, 3.8) is 0 Å². The molecule has 0 unspecified atom stereocenters. The van der Waals surface area contributed by atoms with Gasteiger partial charge in [-0.25, -0.2) is 4.68 Å². The Morgan fingerprint density at radius 1 is 1.43 bits per heavy atom. The molecule has 120 valence electrons. The van der Waals surface area contributed by atoms with Gasteiger partial charge in [-0.3, -0.25) is 4.79 Å². The molecule has 0 radical (unpaired) electrons. The van der Waals surface area contributed by atoms with E-state index >= 15 is 0 Å². The van der Waals surface area contributed by atoms with E-state index in [2.05, 4.69) is 15.5 Å². The van der Waals surface area contributed by atoms with E-state index in [0.717, 1.165) is 11.8 Å². The van der Waals surface area contributed by atoms with Crippen LogP contribution in [0.5, 0.6) is 0 Å². The molecule has 1 amide bonds. The number of carbonyl (C=O) groups is 1. The molecule has 1 aromatic rings. The van der Waals surface area contributed by atoms with Crippen LogP contribution < -0.4 is 5.32 Å². The fourth-order valence-electron chi connectivity index (χ4n) is 1.18. The average molecular weight is 329 g/mol. The molecule has 12 heteroatoms. The SMILES string of the molecule is COC(Cn1nnnc1SCC(=O)NCC(F)(F)F)OC. The summed E-state index contributed by atoms with van der Waals surface area (Å²) in [5.41, 5.74) is 0. The van der Waals surface area contributed by atoms with Crippen molar-refractivity contribution in [2.45, 2.75) is 24.2 Å². The Kier molecular flexibility index (Phi) is 6.84. The van der Waals surface area contributed by atoms with Gasteiger partial charge in [0.2, 0.25) is 11.1 Å². The van der Waals surface area contributed by atoms with Crippen molar-refractivity contribution < 1.29 is 27.4 Å². The van der Waals surface area contributed by atoms with Gasteiger partial charge in [-0.1, -0.05) is 11.8 Å². The molecular formula is C9H14F3N5O3S. The van der Waals surface area contributed by atoms with E-state index in [9.17, 15) is 18.0 Å². The standard InChI is InChI=1S/C9H14F3N5O3S/c1-19-7(20-2)3-17-8(14-15-16-17)21-4-6(18)13-5-9(10,11)12/h7H,3-5H2,1-2H3,(H,13,18). The molecule has 0 aliphatic carbocycles. The van der Waals surface area contributed by atoms with Crippen molar-refractivity contribution in [2.24, 2.45) is 0 Å². The number of rotatable bonds is 8. The Morgan fingerprint density at radius 3 is 2.67 bits per heavy atom. The number of aromatic nitrogens is 4. The summed E-state index contributed by atoms with van der Waals surface area (Å²) < 4.78 is 47.1. The Bertz CT molecular complexity index is 452. The molecule has 1 aromatic heterocycles. The van der Waals surface area contributed by atoms with E-state index < -0.39 is 24.9 Å². The first-order chi connectivity index (χ1) is 9.85. The second-order valence-corrected chi connectivity index (χ2v) is 4.67. The van der Waals surface area contributed by atoms with Crippen molar-refractivity contribution >= 4 is 17.7 Å².